The predicted octanol–water partition coefficient (Wildman–Crippen LogP) is 3.03. The van der Waals surface area contributed by atoms with Crippen molar-refractivity contribution in [3.05, 3.63) is 48.0 Å². The van der Waals surface area contributed by atoms with E-state index in [1.807, 2.05) is 0 Å². The number of ether oxygens (including phenoxy) is 2. The average Bonchev–Trinajstić information content (AvgIpc) is 2.54. The minimum absolute atomic E-state index is 0.307. The number of carbonyl (C=O) groups is 1. The number of carbonyl (C=O) groups excluding carboxylic acids is 1. The first-order chi connectivity index (χ1) is 11.0. The normalized spacial score (nSPS) is 10.1. The van der Waals surface area contributed by atoms with Crippen molar-refractivity contribution in [2.75, 3.05) is 31.4 Å². The zero-order valence-corrected chi connectivity index (χ0v) is 12.7. The topological polar surface area (TPSA) is 59.6 Å². The Balaban J connectivity index is 2.05. The summed E-state index contributed by atoms with van der Waals surface area (Å²) < 4.78 is 37.2. The third-order valence-electron chi connectivity index (χ3n) is 3.07. The fourth-order valence-corrected chi connectivity index (χ4v) is 1.94. The summed E-state index contributed by atoms with van der Waals surface area (Å²) in [6.45, 7) is -0.307. The van der Waals surface area contributed by atoms with Gasteiger partial charge >= 0.3 is 0 Å². The molecule has 0 saturated heterocycles. The highest BCUT2D eigenvalue weighted by Crippen LogP contribution is 2.28. The van der Waals surface area contributed by atoms with Crippen LogP contribution in [0.15, 0.2) is 36.4 Å². The molecule has 2 rings (SSSR count). The van der Waals surface area contributed by atoms with Gasteiger partial charge in [-0.15, -0.1) is 0 Å². The van der Waals surface area contributed by atoms with E-state index in [0.717, 1.165) is 12.1 Å². The Hall–Kier alpha value is -2.83. The molecule has 0 bridgehead atoms. The van der Waals surface area contributed by atoms with Crippen LogP contribution in [-0.4, -0.2) is 26.7 Å². The van der Waals surface area contributed by atoms with E-state index in [4.69, 9.17) is 9.47 Å². The molecule has 0 aliphatic rings. The van der Waals surface area contributed by atoms with Crippen molar-refractivity contribution in [1.82, 2.24) is 0 Å². The standard InChI is InChI=1S/C16H16F2N2O3/c1-22-10-6-7-14(23-2)13(8-10)20-15(21)9-19-16-11(17)4-3-5-12(16)18/h3-8,19H,9H2,1-2H3,(H,20,21). The van der Waals surface area contributed by atoms with Crippen LogP contribution in [0.3, 0.4) is 0 Å². The molecule has 0 aliphatic heterocycles. The van der Waals surface area contributed by atoms with Gasteiger partial charge in [0.25, 0.3) is 0 Å². The molecule has 0 heterocycles. The number of hydrogen-bond donors (Lipinski definition) is 2. The summed E-state index contributed by atoms with van der Waals surface area (Å²) in [4.78, 5) is 12.0. The first-order valence-electron chi connectivity index (χ1n) is 6.75. The summed E-state index contributed by atoms with van der Waals surface area (Å²) in [6.07, 6.45) is 0. The van der Waals surface area contributed by atoms with Crippen molar-refractivity contribution in [2.45, 2.75) is 0 Å². The number of benzene rings is 2. The minimum Gasteiger partial charge on any atom is -0.497 e. The molecule has 0 saturated carbocycles. The third-order valence-corrected chi connectivity index (χ3v) is 3.07. The molecule has 5 nitrogen and oxygen atoms in total. The van der Waals surface area contributed by atoms with Crippen LogP contribution in [0.25, 0.3) is 0 Å². The number of rotatable bonds is 6. The molecule has 0 aliphatic carbocycles. The molecule has 2 aromatic carbocycles. The van der Waals surface area contributed by atoms with Crippen LogP contribution in [0.2, 0.25) is 0 Å². The molecule has 0 unspecified atom stereocenters. The van der Waals surface area contributed by atoms with Crippen molar-refractivity contribution in [1.29, 1.82) is 0 Å². The van der Waals surface area contributed by atoms with E-state index >= 15 is 0 Å². The summed E-state index contributed by atoms with van der Waals surface area (Å²) in [7, 11) is 2.96. The van der Waals surface area contributed by atoms with Crippen LogP contribution in [0, 0.1) is 11.6 Å². The van der Waals surface area contributed by atoms with Crippen LogP contribution in [0.5, 0.6) is 11.5 Å². The molecule has 2 aromatic rings. The van der Waals surface area contributed by atoms with E-state index in [2.05, 4.69) is 10.6 Å². The van der Waals surface area contributed by atoms with E-state index in [-0.39, 0.29) is 12.2 Å². The van der Waals surface area contributed by atoms with Gasteiger partial charge in [0.15, 0.2) is 0 Å². The van der Waals surface area contributed by atoms with Crippen LogP contribution in [-0.2, 0) is 4.79 Å². The Bertz CT molecular complexity index is 687. The largest absolute Gasteiger partial charge is 0.497 e. The van der Waals surface area contributed by atoms with Crippen LogP contribution in [0.4, 0.5) is 20.2 Å². The molecule has 23 heavy (non-hydrogen) atoms. The maximum absolute atomic E-state index is 13.5. The van der Waals surface area contributed by atoms with Crippen molar-refractivity contribution in [3.63, 3.8) is 0 Å². The number of para-hydroxylation sites is 1. The fraction of sp³-hybridized carbons (Fsp3) is 0.188. The van der Waals surface area contributed by atoms with Crippen LogP contribution >= 0.6 is 0 Å². The summed E-state index contributed by atoms with van der Waals surface area (Å²) in [6, 6.07) is 8.36. The van der Waals surface area contributed by atoms with Gasteiger partial charge in [-0.25, -0.2) is 8.78 Å². The van der Waals surface area contributed by atoms with Gasteiger partial charge in [-0.2, -0.15) is 0 Å². The summed E-state index contributed by atoms with van der Waals surface area (Å²) in [5, 5.41) is 5.03. The zero-order chi connectivity index (χ0) is 16.8. The van der Waals surface area contributed by atoms with E-state index in [0.29, 0.717) is 17.2 Å². The van der Waals surface area contributed by atoms with Gasteiger partial charge in [-0.3, -0.25) is 4.79 Å². The van der Waals surface area contributed by atoms with Crippen LogP contribution < -0.4 is 20.1 Å². The molecule has 0 fully saturated rings. The van der Waals surface area contributed by atoms with Crippen LogP contribution in [0.1, 0.15) is 0 Å². The van der Waals surface area contributed by atoms with Gasteiger partial charge in [0.05, 0.1) is 26.5 Å². The number of halogens is 2. The molecule has 122 valence electrons. The van der Waals surface area contributed by atoms with Gasteiger partial charge in [0.2, 0.25) is 5.91 Å². The maximum Gasteiger partial charge on any atom is 0.243 e. The van der Waals surface area contributed by atoms with Gasteiger partial charge in [0.1, 0.15) is 28.8 Å². The second-order valence-electron chi connectivity index (χ2n) is 4.56. The third kappa shape index (κ3) is 4.09. The van der Waals surface area contributed by atoms with E-state index in [1.165, 1.54) is 20.3 Å². The molecule has 0 aromatic heterocycles. The molecular formula is C16H16F2N2O3. The molecule has 0 atom stereocenters. The highest BCUT2D eigenvalue weighted by atomic mass is 19.1. The molecule has 0 spiro atoms. The first-order valence-corrected chi connectivity index (χ1v) is 6.75. The Morgan fingerprint density at radius 3 is 2.39 bits per heavy atom. The zero-order valence-electron chi connectivity index (χ0n) is 12.7. The highest BCUT2D eigenvalue weighted by molar-refractivity contribution is 5.95. The lowest BCUT2D eigenvalue weighted by Gasteiger charge is -2.13. The monoisotopic (exact) mass is 322 g/mol. The number of hydrogen-bond acceptors (Lipinski definition) is 4. The van der Waals surface area contributed by atoms with Crippen molar-refractivity contribution in [2.24, 2.45) is 0 Å². The van der Waals surface area contributed by atoms with Crippen molar-refractivity contribution in [3.8, 4) is 11.5 Å². The Morgan fingerprint density at radius 2 is 1.78 bits per heavy atom. The SMILES string of the molecule is COc1ccc(OC)c(NC(=O)CNc2c(F)cccc2F)c1. The van der Waals surface area contributed by atoms with E-state index in [1.54, 1.807) is 18.2 Å². The highest BCUT2D eigenvalue weighted by Gasteiger charge is 2.12. The molecule has 0 radical (unpaired) electrons. The predicted molar refractivity (Wildman–Crippen MR) is 83.0 cm³/mol. The fourth-order valence-electron chi connectivity index (χ4n) is 1.94. The second-order valence-corrected chi connectivity index (χ2v) is 4.56. The maximum atomic E-state index is 13.5. The number of nitrogens with one attached hydrogen (secondary N) is 2. The number of amides is 1. The lowest BCUT2D eigenvalue weighted by atomic mass is 10.2. The van der Waals surface area contributed by atoms with Crippen molar-refractivity contribution >= 4 is 17.3 Å². The molecule has 1 amide bonds. The Morgan fingerprint density at radius 1 is 1.09 bits per heavy atom. The minimum atomic E-state index is -0.767. The lowest BCUT2D eigenvalue weighted by Crippen LogP contribution is -2.23. The number of anilines is 2. The Kier molecular flexibility index (Phi) is 5.35. The summed E-state index contributed by atoms with van der Waals surface area (Å²) in [5.41, 5.74) is 0.0490. The van der Waals surface area contributed by atoms with Gasteiger partial charge in [-0.1, -0.05) is 6.07 Å². The summed E-state index contributed by atoms with van der Waals surface area (Å²) >= 11 is 0. The van der Waals surface area contributed by atoms with Gasteiger partial charge in [0, 0.05) is 6.07 Å². The quantitative estimate of drug-likeness (QED) is 0.858. The van der Waals surface area contributed by atoms with E-state index < -0.39 is 17.5 Å². The number of methoxy groups -OCH3 is 2. The Labute approximate surface area is 132 Å². The van der Waals surface area contributed by atoms with Gasteiger partial charge in [-0.05, 0) is 24.3 Å². The van der Waals surface area contributed by atoms with E-state index in [9.17, 15) is 13.6 Å². The average molecular weight is 322 g/mol. The van der Waals surface area contributed by atoms with Gasteiger partial charge < -0.3 is 20.1 Å². The summed E-state index contributed by atoms with van der Waals surface area (Å²) in [5.74, 6) is -1.04. The first kappa shape index (κ1) is 16.5. The smallest absolute Gasteiger partial charge is 0.243 e. The lowest BCUT2D eigenvalue weighted by molar-refractivity contribution is -0.114. The molecular weight excluding hydrogens is 306 g/mol. The molecule has 7 heteroatoms. The van der Waals surface area contributed by atoms with Crippen molar-refractivity contribution < 1.29 is 23.0 Å². The molecule has 2 N–H and O–H groups in total. The second kappa shape index (κ2) is 7.44.